The number of aromatic nitrogens is 3. The normalized spacial score (nSPS) is 10.9. The van der Waals surface area contributed by atoms with Crippen LogP contribution in [0.2, 0.25) is 0 Å². The highest BCUT2D eigenvalue weighted by atomic mass is 32.2. The number of nitrogens with two attached hydrogens (primary N) is 1. The Hall–Kier alpha value is -2.01. The van der Waals surface area contributed by atoms with Crippen LogP contribution in [0.3, 0.4) is 0 Å². The van der Waals surface area contributed by atoms with Crippen molar-refractivity contribution >= 4 is 28.2 Å². The predicted octanol–water partition coefficient (Wildman–Crippen LogP) is 2.70. The lowest BCUT2D eigenvalue weighted by Gasteiger charge is -2.07. The largest absolute Gasteiger partial charge is 0.397 e. The van der Waals surface area contributed by atoms with E-state index in [0.29, 0.717) is 0 Å². The molecule has 0 aliphatic heterocycles. The first-order valence-corrected chi connectivity index (χ1v) is 6.34. The minimum Gasteiger partial charge on any atom is -0.397 e. The number of nitrogens with zero attached hydrogens (tertiary/aromatic N) is 3. The van der Waals surface area contributed by atoms with Gasteiger partial charge in [0.2, 0.25) is 0 Å². The number of anilines is 1. The van der Waals surface area contributed by atoms with Crippen LogP contribution < -0.4 is 5.73 Å². The van der Waals surface area contributed by atoms with Crippen LogP contribution in [0, 0.1) is 0 Å². The second-order valence-electron chi connectivity index (χ2n) is 4.03. The maximum atomic E-state index is 6.20. The second-order valence-corrected chi connectivity index (χ2v) is 5.14. The van der Waals surface area contributed by atoms with E-state index in [2.05, 4.69) is 10.1 Å². The van der Waals surface area contributed by atoms with Crippen molar-refractivity contribution in [1.29, 1.82) is 0 Å². The summed E-state index contributed by atoms with van der Waals surface area (Å²) in [6.07, 6.45) is 7.39. The van der Waals surface area contributed by atoms with Crippen LogP contribution in [0.15, 0.2) is 52.8 Å². The van der Waals surface area contributed by atoms with E-state index in [-0.39, 0.29) is 0 Å². The van der Waals surface area contributed by atoms with E-state index in [4.69, 9.17) is 5.73 Å². The van der Waals surface area contributed by atoms with Crippen LogP contribution in [0.5, 0.6) is 0 Å². The molecule has 0 saturated heterocycles. The molecule has 0 atom stereocenters. The molecule has 0 unspecified atom stereocenters. The zero-order valence-corrected chi connectivity index (χ0v) is 10.7. The summed E-state index contributed by atoms with van der Waals surface area (Å²) in [7, 11) is 1.90. The molecule has 2 aromatic heterocycles. The van der Waals surface area contributed by atoms with E-state index in [1.54, 1.807) is 22.6 Å². The molecule has 0 aliphatic rings. The number of pyridine rings is 1. The van der Waals surface area contributed by atoms with Crippen LogP contribution in [0.1, 0.15) is 0 Å². The summed E-state index contributed by atoms with van der Waals surface area (Å²) in [4.78, 5) is 6.22. The van der Waals surface area contributed by atoms with E-state index in [1.165, 1.54) is 0 Å². The summed E-state index contributed by atoms with van der Waals surface area (Å²) in [5, 5.41) is 6.25. The molecule has 3 rings (SSSR count). The fraction of sp³-hybridized carbons (Fsp3) is 0.0769. The summed E-state index contributed by atoms with van der Waals surface area (Å²) < 4.78 is 1.78. The number of nitrogen functional groups attached to an aromatic ring is 1. The SMILES string of the molecule is Cn1cc(Sc2ccc3cnccc3c2N)cn1. The van der Waals surface area contributed by atoms with Crippen molar-refractivity contribution in [3.8, 4) is 0 Å². The predicted molar refractivity (Wildman–Crippen MR) is 73.5 cm³/mol. The van der Waals surface area contributed by atoms with Crippen molar-refractivity contribution < 1.29 is 0 Å². The van der Waals surface area contributed by atoms with E-state index in [0.717, 1.165) is 26.3 Å². The van der Waals surface area contributed by atoms with Crippen LogP contribution in [-0.2, 0) is 7.05 Å². The molecular weight excluding hydrogens is 244 g/mol. The van der Waals surface area contributed by atoms with E-state index < -0.39 is 0 Å². The molecule has 0 spiro atoms. The maximum absolute atomic E-state index is 6.20. The minimum absolute atomic E-state index is 0.795. The Morgan fingerprint density at radius 2 is 2.11 bits per heavy atom. The third-order valence-corrected chi connectivity index (χ3v) is 3.75. The molecule has 3 aromatic rings. The average molecular weight is 256 g/mol. The molecule has 0 radical (unpaired) electrons. The molecular formula is C13H12N4S. The summed E-state index contributed by atoms with van der Waals surface area (Å²) in [5.74, 6) is 0. The molecule has 0 aliphatic carbocycles. The average Bonchev–Trinajstić information content (AvgIpc) is 2.79. The van der Waals surface area contributed by atoms with Gasteiger partial charge in [0.25, 0.3) is 0 Å². The van der Waals surface area contributed by atoms with Gasteiger partial charge in [-0.1, -0.05) is 17.8 Å². The van der Waals surface area contributed by atoms with Gasteiger partial charge < -0.3 is 5.73 Å². The highest BCUT2D eigenvalue weighted by Gasteiger charge is 2.07. The minimum atomic E-state index is 0.795. The van der Waals surface area contributed by atoms with E-state index >= 15 is 0 Å². The molecule has 0 bridgehead atoms. The van der Waals surface area contributed by atoms with Gasteiger partial charge in [0, 0.05) is 41.3 Å². The van der Waals surface area contributed by atoms with Gasteiger partial charge in [-0.25, -0.2) is 0 Å². The van der Waals surface area contributed by atoms with E-state index in [1.807, 2.05) is 43.8 Å². The Morgan fingerprint density at radius 1 is 1.22 bits per heavy atom. The van der Waals surface area contributed by atoms with Gasteiger partial charge in [0.15, 0.2) is 0 Å². The summed E-state index contributed by atoms with van der Waals surface area (Å²) in [6.45, 7) is 0. The van der Waals surface area contributed by atoms with Crippen molar-refractivity contribution in [2.75, 3.05) is 5.73 Å². The fourth-order valence-corrected chi connectivity index (χ4v) is 2.76. The number of fused-ring (bicyclic) bond motifs is 1. The maximum Gasteiger partial charge on any atom is 0.0629 e. The van der Waals surface area contributed by atoms with Gasteiger partial charge in [-0.05, 0) is 12.1 Å². The fourth-order valence-electron chi connectivity index (χ4n) is 1.84. The molecule has 90 valence electrons. The van der Waals surface area contributed by atoms with Gasteiger partial charge in [0.1, 0.15) is 0 Å². The smallest absolute Gasteiger partial charge is 0.0629 e. The third-order valence-electron chi connectivity index (χ3n) is 2.73. The molecule has 4 nitrogen and oxygen atoms in total. The molecule has 2 heterocycles. The van der Waals surface area contributed by atoms with Gasteiger partial charge in [0.05, 0.1) is 16.8 Å². The number of rotatable bonds is 2. The lowest BCUT2D eigenvalue weighted by atomic mass is 10.1. The highest BCUT2D eigenvalue weighted by Crippen LogP contribution is 2.35. The monoisotopic (exact) mass is 256 g/mol. The lowest BCUT2D eigenvalue weighted by Crippen LogP contribution is -1.90. The first kappa shape index (κ1) is 11.1. The van der Waals surface area contributed by atoms with Gasteiger partial charge in [-0.15, -0.1) is 0 Å². The van der Waals surface area contributed by atoms with Crippen LogP contribution in [-0.4, -0.2) is 14.8 Å². The standard InChI is InChI=1S/C13H12N4S/c1-17-8-10(7-16-17)18-12-3-2-9-6-15-5-4-11(9)13(12)14/h2-8H,14H2,1H3. The first-order chi connectivity index (χ1) is 8.74. The second kappa shape index (κ2) is 4.34. The molecule has 0 fully saturated rings. The van der Waals surface area contributed by atoms with E-state index in [9.17, 15) is 0 Å². The molecule has 0 amide bonds. The van der Waals surface area contributed by atoms with Crippen molar-refractivity contribution in [1.82, 2.24) is 14.8 Å². The Labute approximate surface area is 109 Å². The Balaban J connectivity index is 2.04. The Kier molecular flexibility index (Phi) is 2.68. The van der Waals surface area contributed by atoms with Crippen molar-refractivity contribution in [2.45, 2.75) is 9.79 Å². The summed E-state index contributed by atoms with van der Waals surface area (Å²) in [6, 6.07) is 6.01. The quantitative estimate of drug-likeness (QED) is 0.716. The molecule has 5 heteroatoms. The Bertz CT molecular complexity index is 705. The van der Waals surface area contributed by atoms with Crippen LogP contribution in [0.25, 0.3) is 10.8 Å². The van der Waals surface area contributed by atoms with Gasteiger partial charge >= 0.3 is 0 Å². The molecule has 0 saturated carbocycles. The first-order valence-electron chi connectivity index (χ1n) is 5.53. The highest BCUT2D eigenvalue weighted by molar-refractivity contribution is 7.99. The number of hydrogen-bond acceptors (Lipinski definition) is 4. The van der Waals surface area contributed by atoms with Gasteiger partial charge in [-0.2, -0.15) is 5.10 Å². The number of aryl methyl sites for hydroxylation is 1. The summed E-state index contributed by atoms with van der Waals surface area (Å²) in [5.41, 5.74) is 6.99. The number of benzene rings is 1. The summed E-state index contributed by atoms with van der Waals surface area (Å²) >= 11 is 1.62. The van der Waals surface area contributed by atoms with Crippen LogP contribution >= 0.6 is 11.8 Å². The van der Waals surface area contributed by atoms with Crippen molar-refractivity contribution in [3.63, 3.8) is 0 Å². The molecule has 18 heavy (non-hydrogen) atoms. The zero-order valence-electron chi connectivity index (χ0n) is 9.87. The Morgan fingerprint density at radius 3 is 2.89 bits per heavy atom. The van der Waals surface area contributed by atoms with Crippen molar-refractivity contribution in [2.24, 2.45) is 7.05 Å². The molecule has 2 N–H and O–H groups in total. The zero-order chi connectivity index (χ0) is 12.5. The van der Waals surface area contributed by atoms with Crippen LogP contribution in [0.4, 0.5) is 5.69 Å². The van der Waals surface area contributed by atoms with Gasteiger partial charge in [-0.3, -0.25) is 9.67 Å². The van der Waals surface area contributed by atoms with Crippen molar-refractivity contribution in [3.05, 3.63) is 43.0 Å². The topological polar surface area (TPSA) is 56.7 Å². The third kappa shape index (κ3) is 1.93. The number of hydrogen-bond donors (Lipinski definition) is 1. The lowest BCUT2D eigenvalue weighted by molar-refractivity contribution is 0.766. The molecule has 1 aromatic carbocycles.